The fourth-order valence-corrected chi connectivity index (χ4v) is 2.76. The van der Waals surface area contributed by atoms with E-state index in [0.29, 0.717) is 13.1 Å². The van der Waals surface area contributed by atoms with Gasteiger partial charge in [0.2, 0.25) is 0 Å². The smallest absolute Gasteiger partial charge is 0.317 e. The maximum Gasteiger partial charge on any atom is 0.317 e. The van der Waals surface area contributed by atoms with Crippen molar-refractivity contribution in [1.29, 1.82) is 0 Å². The number of hydrogen-bond acceptors (Lipinski definition) is 3. The van der Waals surface area contributed by atoms with Gasteiger partial charge in [0.25, 0.3) is 0 Å². The molecule has 2 rings (SSSR count). The van der Waals surface area contributed by atoms with E-state index in [1.54, 1.807) is 4.90 Å². The van der Waals surface area contributed by atoms with E-state index in [-0.39, 0.29) is 24.0 Å². The lowest BCUT2D eigenvalue weighted by atomic mass is 9.75. The number of rotatable bonds is 7. The fraction of sp³-hybridized carbons (Fsp3) is 0.857. The van der Waals surface area contributed by atoms with Crippen LogP contribution in [0.5, 0.6) is 0 Å². The highest BCUT2D eigenvalue weighted by molar-refractivity contribution is 5.76. The summed E-state index contributed by atoms with van der Waals surface area (Å²) in [7, 11) is 4.10. The van der Waals surface area contributed by atoms with Crippen molar-refractivity contribution >= 4 is 12.0 Å². The molecule has 114 valence electrons. The molecule has 0 heterocycles. The van der Waals surface area contributed by atoms with E-state index in [0.717, 1.165) is 25.7 Å². The molecule has 0 atom stereocenters. The average Bonchev–Trinajstić information content (AvgIpc) is 3.11. The monoisotopic (exact) mass is 283 g/mol. The van der Waals surface area contributed by atoms with Crippen LogP contribution in [0.25, 0.3) is 0 Å². The van der Waals surface area contributed by atoms with E-state index >= 15 is 0 Å². The minimum absolute atomic E-state index is 0.0166. The topological polar surface area (TPSA) is 72.9 Å². The quantitative estimate of drug-likeness (QED) is 0.734. The molecule has 0 unspecified atom stereocenters. The molecule has 2 fully saturated rings. The number of carboxylic acid groups (broad SMARTS) is 1. The zero-order chi connectivity index (χ0) is 14.8. The Morgan fingerprint density at radius 1 is 1.30 bits per heavy atom. The Balaban J connectivity index is 1.83. The Morgan fingerprint density at radius 2 is 1.95 bits per heavy atom. The molecule has 0 saturated heterocycles. The zero-order valence-electron chi connectivity index (χ0n) is 12.4. The number of amides is 2. The molecule has 2 amide bonds. The molecule has 6 heteroatoms. The molecule has 2 aliphatic carbocycles. The van der Waals surface area contributed by atoms with Crippen molar-refractivity contribution < 1.29 is 14.7 Å². The number of hydrogen-bond donors (Lipinski definition) is 2. The Kier molecular flexibility index (Phi) is 4.52. The van der Waals surface area contributed by atoms with Gasteiger partial charge in [-0.3, -0.25) is 4.79 Å². The molecule has 0 aromatic carbocycles. The summed E-state index contributed by atoms with van der Waals surface area (Å²) in [6.07, 6.45) is 5.43. The Bertz CT molecular complexity index is 376. The normalized spacial score (nSPS) is 20.4. The van der Waals surface area contributed by atoms with Crippen LogP contribution in [0.2, 0.25) is 0 Å². The lowest BCUT2D eigenvalue weighted by Crippen LogP contribution is -2.58. The molecule has 0 aromatic heterocycles. The third kappa shape index (κ3) is 3.42. The lowest BCUT2D eigenvalue weighted by Gasteiger charge is -2.47. The summed E-state index contributed by atoms with van der Waals surface area (Å²) in [6.45, 7) is 0.954. The molecule has 0 spiro atoms. The van der Waals surface area contributed by atoms with Gasteiger partial charge in [-0.25, -0.2) is 4.79 Å². The minimum atomic E-state index is -0.854. The number of nitrogens with zero attached hydrogens (tertiary/aromatic N) is 2. The number of carboxylic acids is 1. The standard InChI is InChI=1S/C14H25N3O3/c1-16(2)14(7-3-8-14)10-15-13(20)17(11-4-5-11)9-6-12(18)19/h11H,3-10H2,1-2H3,(H,15,20)(H,18,19). The van der Waals surface area contributed by atoms with Gasteiger partial charge >= 0.3 is 12.0 Å². The largest absolute Gasteiger partial charge is 0.481 e. The molecular weight excluding hydrogens is 258 g/mol. The first-order valence-electron chi connectivity index (χ1n) is 7.38. The summed E-state index contributed by atoms with van der Waals surface area (Å²) in [5, 5.41) is 11.8. The molecule has 2 saturated carbocycles. The van der Waals surface area contributed by atoms with E-state index in [9.17, 15) is 9.59 Å². The van der Waals surface area contributed by atoms with Crippen LogP contribution < -0.4 is 5.32 Å². The van der Waals surface area contributed by atoms with Gasteiger partial charge in [0, 0.05) is 24.7 Å². The number of aliphatic carboxylic acids is 1. The minimum Gasteiger partial charge on any atom is -0.481 e. The molecule has 0 aromatic rings. The molecular formula is C14H25N3O3. The van der Waals surface area contributed by atoms with Gasteiger partial charge in [0.05, 0.1) is 6.42 Å². The van der Waals surface area contributed by atoms with Crippen LogP contribution >= 0.6 is 0 Å². The van der Waals surface area contributed by atoms with Crippen molar-refractivity contribution in [2.24, 2.45) is 0 Å². The third-order valence-electron chi connectivity index (χ3n) is 4.62. The predicted molar refractivity (Wildman–Crippen MR) is 75.6 cm³/mol. The van der Waals surface area contributed by atoms with Crippen LogP contribution in [-0.2, 0) is 4.79 Å². The second-order valence-corrected chi connectivity index (χ2v) is 6.20. The third-order valence-corrected chi connectivity index (χ3v) is 4.62. The van der Waals surface area contributed by atoms with Crippen molar-refractivity contribution in [2.75, 3.05) is 27.2 Å². The average molecular weight is 283 g/mol. The van der Waals surface area contributed by atoms with Crippen molar-refractivity contribution in [1.82, 2.24) is 15.1 Å². The molecule has 0 bridgehead atoms. The maximum atomic E-state index is 12.2. The highest BCUT2D eigenvalue weighted by atomic mass is 16.4. The first-order chi connectivity index (χ1) is 9.44. The van der Waals surface area contributed by atoms with Crippen molar-refractivity contribution in [2.45, 2.75) is 50.1 Å². The van der Waals surface area contributed by atoms with Gasteiger partial charge in [-0.2, -0.15) is 0 Å². The summed E-state index contributed by atoms with van der Waals surface area (Å²) in [5.41, 5.74) is 0.0949. The predicted octanol–water partition coefficient (Wildman–Crippen LogP) is 1.12. The summed E-state index contributed by atoms with van der Waals surface area (Å²) in [6, 6.07) is 0.132. The molecule has 6 nitrogen and oxygen atoms in total. The second-order valence-electron chi connectivity index (χ2n) is 6.20. The Morgan fingerprint density at radius 3 is 2.35 bits per heavy atom. The van der Waals surface area contributed by atoms with E-state index in [1.165, 1.54) is 6.42 Å². The van der Waals surface area contributed by atoms with Gasteiger partial charge in [-0.1, -0.05) is 0 Å². The van der Waals surface area contributed by atoms with Gasteiger partial charge < -0.3 is 20.2 Å². The first kappa shape index (κ1) is 15.1. The fourth-order valence-electron chi connectivity index (χ4n) is 2.76. The van der Waals surface area contributed by atoms with E-state index in [2.05, 4.69) is 24.3 Å². The first-order valence-corrected chi connectivity index (χ1v) is 7.38. The van der Waals surface area contributed by atoms with Crippen LogP contribution in [0, 0.1) is 0 Å². The second kappa shape index (κ2) is 5.99. The zero-order valence-corrected chi connectivity index (χ0v) is 12.4. The van der Waals surface area contributed by atoms with Crippen LogP contribution in [0.15, 0.2) is 0 Å². The Hall–Kier alpha value is -1.30. The highest BCUT2D eigenvalue weighted by Crippen LogP contribution is 2.35. The summed E-state index contributed by atoms with van der Waals surface area (Å²) >= 11 is 0. The van der Waals surface area contributed by atoms with Gasteiger partial charge in [0.1, 0.15) is 0 Å². The highest BCUT2D eigenvalue weighted by Gasteiger charge is 2.40. The molecule has 0 aliphatic heterocycles. The lowest BCUT2D eigenvalue weighted by molar-refractivity contribution is -0.137. The van der Waals surface area contributed by atoms with E-state index in [1.807, 2.05) is 0 Å². The summed E-state index contributed by atoms with van der Waals surface area (Å²) in [5.74, 6) is -0.854. The summed E-state index contributed by atoms with van der Waals surface area (Å²) < 4.78 is 0. The molecule has 2 N–H and O–H groups in total. The maximum absolute atomic E-state index is 12.2. The van der Waals surface area contributed by atoms with Gasteiger partial charge in [-0.05, 0) is 46.2 Å². The van der Waals surface area contributed by atoms with Crippen LogP contribution in [0.1, 0.15) is 38.5 Å². The number of likely N-dealkylation sites (N-methyl/N-ethyl adjacent to an activating group) is 1. The van der Waals surface area contributed by atoms with Crippen molar-refractivity contribution in [3.8, 4) is 0 Å². The molecule has 20 heavy (non-hydrogen) atoms. The van der Waals surface area contributed by atoms with Crippen molar-refractivity contribution in [3.63, 3.8) is 0 Å². The van der Waals surface area contributed by atoms with E-state index in [4.69, 9.17) is 5.11 Å². The van der Waals surface area contributed by atoms with Crippen molar-refractivity contribution in [3.05, 3.63) is 0 Å². The van der Waals surface area contributed by atoms with Gasteiger partial charge in [-0.15, -0.1) is 0 Å². The molecule has 0 radical (unpaired) electrons. The van der Waals surface area contributed by atoms with Gasteiger partial charge in [0.15, 0.2) is 0 Å². The number of carbonyl (C=O) groups excluding carboxylic acids is 1. The Labute approximate surface area is 120 Å². The van der Waals surface area contributed by atoms with Crippen LogP contribution in [-0.4, -0.2) is 65.7 Å². The summed E-state index contributed by atoms with van der Waals surface area (Å²) in [4.78, 5) is 26.8. The van der Waals surface area contributed by atoms with Crippen LogP contribution in [0.4, 0.5) is 4.79 Å². The number of urea groups is 1. The number of carbonyl (C=O) groups is 2. The van der Waals surface area contributed by atoms with Crippen LogP contribution in [0.3, 0.4) is 0 Å². The number of nitrogens with one attached hydrogen (secondary N) is 1. The molecule has 2 aliphatic rings. The van der Waals surface area contributed by atoms with E-state index < -0.39 is 5.97 Å². The SMILES string of the molecule is CN(C)C1(CNC(=O)N(CCC(=O)O)C2CC2)CCC1.